The Morgan fingerprint density at radius 1 is 1.29 bits per heavy atom. The number of guanidine groups is 1. The fourth-order valence-electron chi connectivity index (χ4n) is 3.72. The van der Waals surface area contributed by atoms with Crippen LogP contribution >= 0.6 is 24.0 Å². The molecular formula is C16H32IN3O. The van der Waals surface area contributed by atoms with Gasteiger partial charge in [-0.25, -0.2) is 0 Å². The number of halogens is 1. The third-order valence-corrected chi connectivity index (χ3v) is 4.94. The number of hydrogen-bond acceptors (Lipinski definition) is 2. The number of unbranched alkanes of at least 4 members (excludes halogenated alkanes) is 3. The van der Waals surface area contributed by atoms with Crippen LogP contribution in [0, 0.1) is 11.3 Å². The molecule has 124 valence electrons. The normalized spacial score (nSPS) is 30.1. The number of hydrogen-bond donors (Lipinski definition) is 2. The molecule has 3 unspecified atom stereocenters. The minimum Gasteiger partial charge on any atom is -0.377 e. The Bertz CT molecular complexity index is 346. The van der Waals surface area contributed by atoms with E-state index < -0.39 is 0 Å². The van der Waals surface area contributed by atoms with Crippen LogP contribution in [0.2, 0.25) is 0 Å². The molecule has 2 N–H and O–H groups in total. The number of ether oxygens (including phenoxy) is 1. The molecule has 4 nitrogen and oxygen atoms in total. The third kappa shape index (κ3) is 4.24. The van der Waals surface area contributed by atoms with Crippen molar-refractivity contribution in [3.05, 3.63) is 0 Å². The number of nitrogens with one attached hydrogen (secondary N) is 2. The number of rotatable bonds is 6. The molecule has 1 saturated carbocycles. The summed E-state index contributed by atoms with van der Waals surface area (Å²) in [5, 5.41) is 7.06. The predicted molar refractivity (Wildman–Crippen MR) is 99.5 cm³/mol. The van der Waals surface area contributed by atoms with Crippen LogP contribution in [-0.2, 0) is 4.74 Å². The van der Waals surface area contributed by atoms with Gasteiger partial charge in [0.15, 0.2) is 5.96 Å². The smallest absolute Gasteiger partial charge is 0.191 e. The van der Waals surface area contributed by atoms with Crippen molar-refractivity contribution in [3.8, 4) is 0 Å². The molecule has 0 aromatic rings. The second-order valence-corrected chi connectivity index (χ2v) is 6.75. The lowest BCUT2D eigenvalue weighted by Gasteiger charge is -2.54. The predicted octanol–water partition coefficient (Wildman–Crippen LogP) is 3.16. The topological polar surface area (TPSA) is 45.7 Å². The molecule has 0 radical (unpaired) electrons. The number of aliphatic imine (C=N–C) groups is 1. The molecule has 0 amide bonds. The van der Waals surface area contributed by atoms with Gasteiger partial charge < -0.3 is 15.4 Å². The van der Waals surface area contributed by atoms with Crippen molar-refractivity contribution in [2.24, 2.45) is 16.3 Å². The minimum atomic E-state index is 0. The van der Waals surface area contributed by atoms with Crippen molar-refractivity contribution < 1.29 is 4.74 Å². The molecule has 3 atom stereocenters. The minimum absolute atomic E-state index is 0. The first-order valence-electron chi connectivity index (χ1n) is 8.20. The summed E-state index contributed by atoms with van der Waals surface area (Å²) in [6.45, 7) is 8.77. The van der Waals surface area contributed by atoms with E-state index in [0.717, 1.165) is 19.1 Å². The standard InChI is InChI=1S/C16H31N3O.HI/c1-5-6-7-8-10-18-15(17-4)19-13-12-9-11-20-14(12)16(13,2)3;/h12-14H,5-11H2,1-4H3,(H2,17,18,19);1H. The monoisotopic (exact) mass is 409 g/mol. The maximum absolute atomic E-state index is 5.84. The first-order chi connectivity index (χ1) is 9.61. The number of nitrogens with zero attached hydrogens (tertiary/aromatic N) is 1. The van der Waals surface area contributed by atoms with Crippen molar-refractivity contribution in [1.82, 2.24) is 10.6 Å². The lowest BCUT2D eigenvalue weighted by Crippen LogP contribution is -2.67. The molecule has 1 heterocycles. The molecule has 2 aliphatic rings. The molecule has 5 heteroatoms. The fraction of sp³-hybridized carbons (Fsp3) is 0.938. The quantitative estimate of drug-likeness (QED) is 0.307. The highest BCUT2D eigenvalue weighted by atomic mass is 127. The van der Waals surface area contributed by atoms with E-state index in [-0.39, 0.29) is 29.4 Å². The summed E-state index contributed by atoms with van der Waals surface area (Å²) in [6, 6.07) is 0.483. The van der Waals surface area contributed by atoms with Crippen molar-refractivity contribution in [2.75, 3.05) is 20.2 Å². The Morgan fingerprint density at radius 3 is 2.71 bits per heavy atom. The van der Waals surface area contributed by atoms with E-state index in [9.17, 15) is 0 Å². The maximum Gasteiger partial charge on any atom is 0.191 e. The highest BCUT2D eigenvalue weighted by Gasteiger charge is 2.59. The molecule has 1 aliphatic carbocycles. The SMILES string of the molecule is CCCCCCNC(=NC)NC1C2CCOC2C1(C)C.I. The van der Waals surface area contributed by atoms with Gasteiger partial charge in [-0.3, -0.25) is 4.99 Å². The van der Waals surface area contributed by atoms with E-state index in [4.69, 9.17) is 4.74 Å². The Balaban J connectivity index is 0.00000220. The van der Waals surface area contributed by atoms with Gasteiger partial charge in [-0.15, -0.1) is 24.0 Å². The van der Waals surface area contributed by atoms with Crippen LogP contribution < -0.4 is 10.6 Å². The third-order valence-electron chi connectivity index (χ3n) is 4.94. The summed E-state index contributed by atoms with van der Waals surface area (Å²) >= 11 is 0. The van der Waals surface area contributed by atoms with Crippen LogP contribution in [0.5, 0.6) is 0 Å². The van der Waals surface area contributed by atoms with Crippen molar-refractivity contribution in [3.63, 3.8) is 0 Å². The Morgan fingerprint density at radius 2 is 2.05 bits per heavy atom. The van der Waals surface area contributed by atoms with E-state index in [1.807, 2.05) is 7.05 Å². The molecule has 21 heavy (non-hydrogen) atoms. The van der Waals surface area contributed by atoms with Gasteiger partial charge in [-0.2, -0.15) is 0 Å². The second kappa shape index (κ2) is 8.56. The van der Waals surface area contributed by atoms with Crippen LogP contribution in [-0.4, -0.2) is 38.3 Å². The molecule has 0 spiro atoms. The van der Waals surface area contributed by atoms with Gasteiger partial charge in [0, 0.05) is 37.6 Å². The fourth-order valence-corrected chi connectivity index (χ4v) is 3.72. The summed E-state index contributed by atoms with van der Waals surface area (Å²) in [5.74, 6) is 1.61. The lowest BCUT2D eigenvalue weighted by molar-refractivity contribution is -0.106. The van der Waals surface area contributed by atoms with E-state index >= 15 is 0 Å². The van der Waals surface area contributed by atoms with Crippen LogP contribution in [0.15, 0.2) is 4.99 Å². The molecule has 1 aliphatic heterocycles. The van der Waals surface area contributed by atoms with Crippen LogP contribution in [0.1, 0.15) is 52.9 Å². The van der Waals surface area contributed by atoms with Crippen LogP contribution in [0.25, 0.3) is 0 Å². The molecule has 0 aromatic carbocycles. The van der Waals surface area contributed by atoms with Crippen LogP contribution in [0.3, 0.4) is 0 Å². The van der Waals surface area contributed by atoms with E-state index in [1.165, 1.54) is 32.1 Å². The van der Waals surface area contributed by atoms with Crippen molar-refractivity contribution >= 4 is 29.9 Å². The average molecular weight is 409 g/mol. The molecule has 0 aromatic heterocycles. The first-order valence-corrected chi connectivity index (χ1v) is 8.20. The molecule has 0 bridgehead atoms. The van der Waals surface area contributed by atoms with Gasteiger partial charge in [0.25, 0.3) is 0 Å². The molecule has 2 fully saturated rings. The van der Waals surface area contributed by atoms with E-state index in [1.54, 1.807) is 0 Å². The van der Waals surface area contributed by atoms with Gasteiger partial charge in [0.05, 0.1) is 6.10 Å². The molecular weight excluding hydrogens is 377 g/mol. The largest absolute Gasteiger partial charge is 0.377 e. The first kappa shape index (κ1) is 19.0. The van der Waals surface area contributed by atoms with Gasteiger partial charge in [0.2, 0.25) is 0 Å². The van der Waals surface area contributed by atoms with Crippen LogP contribution in [0.4, 0.5) is 0 Å². The molecule has 1 saturated heterocycles. The Hall–Kier alpha value is -0.0400. The maximum atomic E-state index is 5.84. The molecule has 2 rings (SSSR count). The Kier molecular flexibility index (Phi) is 7.74. The summed E-state index contributed by atoms with van der Waals surface area (Å²) in [5.41, 5.74) is 0.209. The zero-order chi connectivity index (χ0) is 14.6. The van der Waals surface area contributed by atoms with Crippen molar-refractivity contribution in [1.29, 1.82) is 0 Å². The summed E-state index contributed by atoms with van der Waals surface area (Å²) in [7, 11) is 1.86. The zero-order valence-electron chi connectivity index (χ0n) is 13.9. The Labute approximate surface area is 146 Å². The van der Waals surface area contributed by atoms with Gasteiger partial charge in [-0.1, -0.05) is 40.0 Å². The summed E-state index contributed by atoms with van der Waals surface area (Å²) in [6.07, 6.45) is 6.74. The highest BCUT2D eigenvalue weighted by molar-refractivity contribution is 14.0. The second-order valence-electron chi connectivity index (χ2n) is 6.75. The van der Waals surface area contributed by atoms with E-state index in [0.29, 0.717) is 18.1 Å². The van der Waals surface area contributed by atoms with Gasteiger partial charge >= 0.3 is 0 Å². The zero-order valence-corrected chi connectivity index (χ0v) is 16.3. The van der Waals surface area contributed by atoms with E-state index in [2.05, 4.69) is 36.4 Å². The van der Waals surface area contributed by atoms with Gasteiger partial charge in [0.1, 0.15) is 0 Å². The highest BCUT2D eigenvalue weighted by Crippen LogP contribution is 2.51. The lowest BCUT2D eigenvalue weighted by atomic mass is 9.57. The van der Waals surface area contributed by atoms with Crippen molar-refractivity contribution in [2.45, 2.75) is 65.0 Å². The summed E-state index contributed by atoms with van der Waals surface area (Å²) in [4.78, 5) is 4.36. The van der Waals surface area contributed by atoms with Gasteiger partial charge in [-0.05, 0) is 12.8 Å². The summed E-state index contributed by atoms with van der Waals surface area (Å²) < 4.78 is 5.84. The number of fused-ring (bicyclic) bond motifs is 1. The average Bonchev–Trinajstić information content (AvgIpc) is 2.88.